The number of nitrogens with zero attached hydrogens (tertiary/aromatic N) is 3. The third-order valence-corrected chi connectivity index (χ3v) is 1.71. The lowest BCUT2D eigenvalue weighted by Gasteiger charge is -2.05. The van der Waals surface area contributed by atoms with Crippen LogP contribution in [0.15, 0.2) is 34.6 Å². The van der Waals surface area contributed by atoms with Gasteiger partial charge in [-0.3, -0.25) is 15.2 Å². The Morgan fingerprint density at radius 2 is 2.06 bits per heavy atom. The number of hydrogen-bond donors (Lipinski definition) is 2. The second kappa shape index (κ2) is 6.44. The molecule has 0 unspecified atom stereocenters. The van der Waals surface area contributed by atoms with Gasteiger partial charge >= 0.3 is 0 Å². The molecule has 1 aromatic carbocycles. The van der Waals surface area contributed by atoms with Crippen molar-refractivity contribution in [2.45, 2.75) is 0 Å². The molecule has 17 heavy (non-hydrogen) atoms. The van der Waals surface area contributed by atoms with Gasteiger partial charge in [-0.05, 0) is 24.3 Å². The van der Waals surface area contributed by atoms with Crippen LogP contribution in [-0.2, 0) is 4.79 Å². The van der Waals surface area contributed by atoms with Gasteiger partial charge in [0.15, 0.2) is 6.61 Å². The molecular formula is C10H15N5O2. The maximum atomic E-state index is 10.8. The second-order valence-corrected chi connectivity index (χ2v) is 3.39. The van der Waals surface area contributed by atoms with E-state index in [0.717, 1.165) is 0 Å². The molecule has 0 aliphatic carbocycles. The van der Waals surface area contributed by atoms with Gasteiger partial charge < -0.3 is 4.74 Å². The number of benzene rings is 1. The van der Waals surface area contributed by atoms with E-state index in [1.165, 1.54) is 0 Å². The molecule has 92 valence electrons. The van der Waals surface area contributed by atoms with Crippen LogP contribution in [-0.4, -0.2) is 31.6 Å². The molecule has 0 aliphatic heterocycles. The molecule has 0 saturated heterocycles. The number of nitrogens with one attached hydrogen (secondary N) is 1. The normalized spacial score (nSPS) is 10.3. The molecule has 1 rings (SSSR count). The van der Waals surface area contributed by atoms with Crippen molar-refractivity contribution in [3.63, 3.8) is 0 Å². The minimum Gasteiger partial charge on any atom is -0.484 e. The van der Waals surface area contributed by atoms with Gasteiger partial charge in [0.25, 0.3) is 5.91 Å². The van der Waals surface area contributed by atoms with E-state index in [1.807, 2.05) is 5.43 Å². The smallest absolute Gasteiger partial charge is 0.271 e. The Morgan fingerprint density at radius 1 is 1.41 bits per heavy atom. The fraction of sp³-hybridized carbons (Fsp3) is 0.300. The predicted octanol–water partition coefficient (Wildman–Crippen LogP) is 0.616. The fourth-order valence-corrected chi connectivity index (χ4v) is 0.941. The van der Waals surface area contributed by atoms with Crippen molar-refractivity contribution < 1.29 is 9.53 Å². The van der Waals surface area contributed by atoms with Crippen molar-refractivity contribution >= 4 is 11.6 Å². The number of ether oxygens (including phenoxy) is 1. The summed E-state index contributed by atoms with van der Waals surface area (Å²) in [6.07, 6.45) is 0. The molecule has 1 aromatic rings. The third-order valence-electron chi connectivity index (χ3n) is 1.71. The van der Waals surface area contributed by atoms with Gasteiger partial charge in [0.05, 0.1) is 5.69 Å². The molecule has 0 saturated carbocycles. The number of amides is 1. The number of hydrazine groups is 1. The first-order valence-electron chi connectivity index (χ1n) is 4.93. The van der Waals surface area contributed by atoms with Crippen LogP contribution in [0.4, 0.5) is 5.69 Å². The highest BCUT2D eigenvalue weighted by Gasteiger charge is 1.99. The van der Waals surface area contributed by atoms with Crippen molar-refractivity contribution in [2.24, 2.45) is 16.2 Å². The van der Waals surface area contributed by atoms with Gasteiger partial charge in [0.1, 0.15) is 5.75 Å². The van der Waals surface area contributed by atoms with Crippen molar-refractivity contribution in [3.8, 4) is 5.75 Å². The van der Waals surface area contributed by atoms with Crippen molar-refractivity contribution in [2.75, 3.05) is 20.7 Å². The van der Waals surface area contributed by atoms with Crippen molar-refractivity contribution in [3.05, 3.63) is 24.3 Å². The second-order valence-electron chi connectivity index (χ2n) is 3.39. The lowest BCUT2D eigenvalue weighted by molar-refractivity contribution is -0.123. The summed E-state index contributed by atoms with van der Waals surface area (Å²) < 4.78 is 5.16. The highest BCUT2D eigenvalue weighted by molar-refractivity contribution is 5.76. The molecular weight excluding hydrogens is 222 g/mol. The van der Waals surface area contributed by atoms with Gasteiger partial charge in [-0.15, -0.1) is 5.11 Å². The standard InChI is InChI=1S/C10H15N5O2/c1-15(2)14-13-8-3-5-9(6-4-8)17-7-10(16)12-11/h3-6H,7,11H2,1-2H3,(H,12,16). The van der Waals surface area contributed by atoms with Crippen LogP contribution in [0.2, 0.25) is 0 Å². The van der Waals surface area contributed by atoms with Gasteiger partial charge in [0, 0.05) is 14.1 Å². The Labute approximate surface area is 99.2 Å². The highest BCUT2D eigenvalue weighted by Crippen LogP contribution is 2.18. The number of rotatable bonds is 5. The van der Waals surface area contributed by atoms with E-state index < -0.39 is 0 Å². The molecule has 0 fully saturated rings. The molecule has 7 nitrogen and oxygen atoms in total. The van der Waals surface area contributed by atoms with Crippen LogP contribution in [0.5, 0.6) is 5.75 Å². The van der Waals surface area contributed by atoms with Crippen LogP contribution in [0, 0.1) is 0 Å². The van der Waals surface area contributed by atoms with E-state index in [0.29, 0.717) is 11.4 Å². The largest absolute Gasteiger partial charge is 0.484 e. The predicted molar refractivity (Wildman–Crippen MR) is 62.5 cm³/mol. The average molecular weight is 237 g/mol. The van der Waals surface area contributed by atoms with E-state index in [1.54, 1.807) is 43.4 Å². The number of carbonyl (C=O) groups is 1. The quantitative estimate of drug-likeness (QED) is 0.340. The molecule has 0 bridgehead atoms. The molecule has 0 aromatic heterocycles. The van der Waals surface area contributed by atoms with Crippen LogP contribution in [0.25, 0.3) is 0 Å². The summed E-state index contributed by atoms with van der Waals surface area (Å²) in [5.41, 5.74) is 2.68. The van der Waals surface area contributed by atoms with Crippen LogP contribution < -0.4 is 16.0 Å². The minimum absolute atomic E-state index is 0.116. The Kier molecular flexibility index (Phi) is 4.89. The third kappa shape index (κ3) is 4.94. The van der Waals surface area contributed by atoms with E-state index in [9.17, 15) is 4.79 Å². The van der Waals surface area contributed by atoms with E-state index in [2.05, 4.69) is 10.3 Å². The number of hydrogen-bond acceptors (Lipinski definition) is 5. The molecule has 0 radical (unpaired) electrons. The summed E-state index contributed by atoms with van der Waals surface area (Å²) in [5, 5.41) is 9.40. The van der Waals surface area contributed by atoms with E-state index >= 15 is 0 Å². The first-order chi connectivity index (χ1) is 8.11. The van der Waals surface area contributed by atoms with E-state index in [4.69, 9.17) is 10.6 Å². The number of nitrogens with two attached hydrogens (primary N) is 1. The summed E-state index contributed by atoms with van der Waals surface area (Å²) in [6.45, 7) is -0.116. The SMILES string of the molecule is CN(C)N=Nc1ccc(OCC(=O)NN)cc1. The Balaban J connectivity index is 2.53. The van der Waals surface area contributed by atoms with Gasteiger partial charge in [-0.1, -0.05) is 5.22 Å². The molecule has 7 heteroatoms. The van der Waals surface area contributed by atoms with Crippen LogP contribution in [0.1, 0.15) is 0 Å². The van der Waals surface area contributed by atoms with Crippen LogP contribution >= 0.6 is 0 Å². The van der Waals surface area contributed by atoms with Crippen LogP contribution in [0.3, 0.4) is 0 Å². The topological polar surface area (TPSA) is 92.3 Å². The molecule has 0 aliphatic rings. The Morgan fingerprint density at radius 3 is 2.59 bits per heavy atom. The summed E-state index contributed by atoms with van der Waals surface area (Å²) in [7, 11) is 3.57. The lowest BCUT2D eigenvalue weighted by Crippen LogP contribution is -2.34. The monoisotopic (exact) mass is 237 g/mol. The van der Waals surface area contributed by atoms with Crippen molar-refractivity contribution in [1.82, 2.24) is 10.4 Å². The average Bonchev–Trinajstić information content (AvgIpc) is 2.34. The summed E-state index contributed by atoms with van der Waals surface area (Å²) in [6, 6.07) is 6.88. The molecule has 3 N–H and O–H groups in total. The zero-order chi connectivity index (χ0) is 12.7. The molecule has 0 heterocycles. The molecule has 0 spiro atoms. The minimum atomic E-state index is -0.388. The zero-order valence-corrected chi connectivity index (χ0v) is 9.75. The highest BCUT2D eigenvalue weighted by atomic mass is 16.5. The first-order valence-corrected chi connectivity index (χ1v) is 4.93. The lowest BCUT2D eigenvalue weighted by atomic mass is 10.3. The van der Waals surface area contributed by atoms with Crippen molar-refractivity contribution in [1.29, 1.82) is 0 Å². The summed E-state index contributed by atoms with van der Waals surface area (Å²) in [5.74, 6) is 5.10. The molecule has 0 atom stereocenters. The Hall–Kier alpha value is -2.15. The van der Waals surface area contributed by atoms with Gasteiger partial charge in [-0.2, -0.15) is 0 Å². The maximum absolute atomic E-state index is 10.8. The zero-order valence-electron chi connectivity index (χ0n) is 9.75. The van der Waals surface area contributed by atoms with E-state index in [-0.39, 0.29) is 12.5 Å². The Bertz CT molecular complexity index is 388. The maximum Gasteiger partial charge on any atom is 0.271 e. The summed E-state index contributed by atoms with van der Waals surface area (Å²) >= 11 is 0. The fourth-order valence-electron chi connectivity index (χ4n) is 0.941. The molecule has 1 amide bonds. The summed E-state index contributed by atoms with van der Waals surface area (Å²) in [4.78, 5) is 10.8. The van der Waals surface area contributed by atoms with Gasteiger partial charge in [-0.25, -0.2) is 5.84 Å². The van der Waals surface area contributed by atoms with Gasteiger partial charge in [0.2, 0.25) is 0 Å². The number of carbonyl (C=O) groups excluding carboxylic acids is 1. The first kappa shape index (κ1) is 12.9.